The standard InChI is InChI=1S/C16H27NO3/c1-5-7-13(17)9-6-8-12-10-11-14(18-2)16(20-4)15(12)19-3/h10-11,13H,5-9,17H2,1-4H3. The van der Waals surface area contributed by atoms with Crippen molar-refractivity contribution in [2.24, 2.45) is 5.73 Å². The van der Waals surface area contributed by atoms with E-state index < -0.39 is 0 Å². The lowest BCUT2D eigenvalue weighted by atomic mass is 10.0. The number of ether oxygens (including phenoxy) is 3. The zero-order valence-corrected chi connectivity index (χ0v) is 13.1. The minimum Gasteiger partial charge on any atom is -0.493 e. The van der Waals surface area contributed by atoms with Crippen molar-refractivity contribution in [1.29, 1.82) is 0 Å². The highest BCUT2D eigenvalue weighted by Crippen LogP contribution is 2.40. The Labute approximate surface area is 122 Å². The Morgan fingerprint density at radius 3 is 2.25 bits per heavy atom. The van der Waals surface area contributed by atoms with Crippen LogP contribution in [0.25, 0.3) is 0 Å². The van der Waals surface area contributed by atoms with Gasteiger partial charge in [0.15, 0.2) is 11.5 Å². The van der Waals surface area contributed by atoms with Crippen molar-refractivity contribution in [2.75, 3.05) is 21.3 Å². The number of nitrogens with two attached hydrogens (primary N) is 1. The fourth-order valence-electron chi connectivity index (χ4n) is 2.43. The lowest BCUT2D eigenvalue weighted by Gasteiger charge is -2.16. The predicted octanol–water partition coefficient (Wildman–Crippen LogP) is 3.16. The Kier molecular flexibility index (Phi) is 7.23. The van der Waals surface area contributed by atoms with Crippen LogP contribution in [-0.4, -0.2) is 27.4 Å². The molecule has 4 nitrogen and oxygen atoms in total. The van der Waals surface area contributed by atoms with E-state index in [0.717, 1.165) is 43.4 Å². The van der Waals surface area contributed by atoms with Crippen LogP contribution >= 0.6 is 0 Å². The third-order valence-corrected chi connectivity index (χ3v) is 3.47. The van der Waals surface area contributed by atoms with Gasteiger partial charge in [0.25, 0.3) is 0 Å². The lowest BCUT2D eigenvalue weighted by Crippen LogP contribution is -2.19. The molecular formula is C16H27NO3. The van der Waals surface area contributed by atoms with E-state index in [-0.39, 0.29) is 0 Å². The Bertz CT molecular complexity index is 407. The highest BCUT2D eigenvalue weighted by molar-refractivity contribution is 5.55. The zero-order chi connectivity index (χ0) is 15.0. The van der Waals surface area contributed by atoms with Gasteiger partial charge in [-0.15, -0.1) is 0 Å². The Hall–Kier alpha value is -1.42. The van der Waals surface area contributed by atoms with Crippen LogP contribution in [0.2, 0.25) is 0 Å². The van der Waals surface area contributed by atoms with Crippen LogP contribution in [0.3, 0.4) is 0 Å². The Balaban J connectivity index is 2.75. The summed E-state index contributed by atoms with van der Waals surface area (Å²) < 4.78 is 16.2. The average Bonchev–Trinajstić information content (AvgIpc) is 2.46. The molecule has 114 valence electrons. The minimum atomic E-state index is 0.297. The molecule has 0 aromatic heterocycles. The van der Waals surface area contributed by atoms with Crippen molar-refractivity contribution >= 4 is 0 Å². The summed E-state index contributed by atoms with van der Waals surface area (Å²) >= 11 is 0. The lowest BCUT2D eigenvalue weighted by molar-refractivity contribution is 0.322. The first-order valence-corrected chi connectivity index (χ1v) is 7.21. The van der Waals surface area contributed by atoms with Gasteiger partial charge in [-0.3, -0.25) is 0 Å². The maximum Gasteiger partial charge on any atom is 0.203 e. The normalized spacial score (nSPS) is 12.1. The second-order valence-corrected chi connectivity index (χ2v) is 4.93. The second kappa shape index (κ2) is 8.69. The topological polar surface area (TPSA) is 53.7 Å². The molecule has 1 aromatic rings. The average molecular weight is 281 g/mol. The maximum absolute atomic E-state index is 6.04. The summed E-state index contributed by atoms with van der Waals surface area (Å²) in [5.41, 5.74) is 7.18. The minimum absolute atomic E-state index is 0.297. The van der Waals surface area contributed by atoms with E-state index in [2.05, 4.69) is 6.92 Å². The summed E-state index contributed by atoms with van der Waals surface area (Å²) in [6.45, 7) is 2.16. The van der Waals surface area contributed by atoms with E-state index in [1.165, 1.54) is 0 Å². The third-order valence-electron chi connectivity index (χ3n) is 3.47. The van der Waals surface area contributed by atoms with E-state index in [9.17, 15) is 0 Å². The highest BCUT2D eigenvalue weighted by atomic mass is 16.5. The summed E-state index contributed by atoms with van der Waals surface area (Å²) in [4.78, 5) is 0. The molecule has 0 radical (unpaired) electrons. The van der Waals surface area contributed by atoms with Crippen molar-refractivity contribution in [2.45, 2.75) is 45.1 Å². The molecule has 1 unspecified atom stereocenters. The van der Waals surface area contributed by atoms with Crippen molar-refractivity contribution in [3.8, 4) is 17.2 Å². The largest absolute Gasteiger partial charge is 0.493 e. The van der Waals surface area contributed by atoms with Gasteiger partial charge in [-0.2, -0.15) is 0 Å². The van der Waals surface area contributed by atoms with Crippen LogP contribution in [0.5, 0.6) is 17.2 Å². The first kappa shape index (κ1) is 16.6. The van der Waals surface area contributed by atoms with Gasteiger partial charge in [0, 0.05) is 6.04 Å². The first-order chi connectivity index (χ1) is 9.67. The molecule has 0 aliphatic carbocycles. The molecule has 1 aromatic carbocycles. The van der Waals surface area contributed by atoms with Gasteiger partial charge in [-0.1, -0.05) is 19.4 Å². The molecule has 0 aliphatic heterocycles. The van der Waals surface area contributed by atoms with Crippen LogP contribution < -0.4 is 19.9 Å². The van der Waals surface area contributed by atoms with Crippen LogP contribution in [0.4, 0.5) is 0 Å². The summed E-state index contributed by atoms with van der Waals surface area (Å²) in [6.07, 6.45) is 5.24. The van der Waals surface area contributed by atoms with Crippen molar-refractivity contribution in [3.63, 3.8) is 0 Å². The van der Waals surface area contributed by atoms with Gasteiger partial charge in [0.05, 0.1) is 21.3 Å². The van der Waals surface area contributed by atoms with Gasteiger partial charge in [-0.05, 0) is 37.3 Å². The molecule has 0 spiro atoms. The van der Waals surface area contributed by atoms with E-state index in [1.807, 2.05) is 12.1 Å². The molecule has 4 heteroatoms. The van der Waals surface area contributed by atoms with Crippen molar-refractivity contribution < 1.29 is 14.2 Å². The summed E-state index contributed by atoms with van der Waals surface area (Å²) in [6, 6.07) is 4.25. The highest BCUT2D eigenvalue weighted by Gasteiger charge is 2.15. The monoisotopic (exact) mass is 281 g/mol. The number of rotatable bonds is 9. The molecule has 0 bridgehead atoms. The van der Waals surface area contributed by atoms with E-state index >= 15 is 0 Å². The predicted molar refractivity (Wildman–Crippen MR) is 81.9 cm³/mol. The molecule has 0 fully saturated rings. The van der Waals surface area contributed by atoms with Crippen LogP contribution in [0, 0.1) is 0 Å². The molecule has 0 saturated heterocycles. The van der Waals surface area contributed by atoms with E-state index in [4.69, 9.17) is 19.9 Å². The molecule has 20 heavy (non-hydrogen) atoms. The number of benzene rings is 1. The summed E-state index contributed by atoms with van der Waals surface area (Å²) in [5, 5.41) is 0. The molecule has 1 rings (SSSR count). The number of methoxy groups -OCH3 is 3. The summed E-state index contributed by atoms with van der Waals surface area (Å²) in [5.74, 6) is 2.11. The number of hydrogen-bond donors (Lipinski definition) is 1. The third kappa shape index (κ3) is 4.30. The van der Waals surface area contributed by atoms with Crippen LogP contribution in [-0.2, 0) is 6.42 Å². The van der Waals surface area contributed by atoms with Gasteiger partial charge < -0.3 is 19.9 Å². The van der Waals surface area contributed by atoms with E-state index in [1.54, 1.807) is 21.3 Å². The Morgan fingerprint density at radius 2 is 1.70 bits per heavy atom. The van der Waals surface area contributed by atoms with Crippen LogP contribution in [0.1, 0.15) is 38.2 Å². The quantitative estimate of drug-likeness (QED) is 0.755. The van der Waals surface area contributed by atoms with Crippen LogP contribution in [0.15, 0.2) is 12.1 Å². The Morgan fingerprint density at radius 1 is 1.00 bits per heavy atom. The molecule has 1 atom stereocenters. The number of hydrogen-bond acceptors (Lipinski definition) is 4. The van der Waals surface area contributed by atoms with Gasteiger partial charge in [-0.25, -0.2) is 0 Å². The van der Waals surface area contributed by atoms with Gasteiger partial charge >= 0.3 is 0 Å². The fourth-order valence-corrected chi connectivity index (χ4v) is 2.43. The van der Waals surface area contributed by atoms with Gasteiger partial charge in [0.1, 0.15) is 0 Å². The van der Waals surface area contributed by atoms with E-state index in [0.29, 0.717) is 17.5 Å². The number of aryl methyl sites for hydroxylation is 1. The second-order valence-electron chi connectivity index (χ2n) is 4.93. The molecular weight excluding hydrogens is 254 g/mol. The molecule has 0 saturated carbocycles. The fraction of sp³-hybridized carbons (Fsp3) is 0.625. The maximum atomic E-state index is 6.04. The van der Waals surface area contributed by atoms with Crippen molar-refractivity contribution in [3.05, 3.63) is 17.7 Å². The smallest absolute Gasteiger partial charge is 0.203 e. The first-order valence-electron chi connectivity index (χ1n) is 7.21. The molecule has 0 heterocycles. The SMILES string of the molecule is CCCC(N)CCCc1ccc(OC)c(OC)c1OC. The molecule has 0 aliphatic rings. The zero-order valence-electron chi connectivity index (χ0n) is 13.1. The summed E-state index contributed by atoms with van der Waals surface area (Å²) in [7, 11) is 4.91. The molecule has 2 N–H and O–H groups in total. The van der Waals surface area contributed by atoms with Gasteiger partial charge in [0.2, 0.25) is 5.75 Å². The van der Waals surface area contributed by atoms with Crippen molar-refractivity contribution in [1.82, 2.24) is 0 Å². The molecule has 0 amide bonds.